The van der Waals surface area contributed by atoms with E-state index in [0.717, 1.165) is 31.6 Å². The summed E-state index contributed by atoms with van der Waals surface area (Å²) in [6.45, 7) is 4.27. The van der Waals surface area contributed by atoms with Crippen LogP contribution in [0.25, 0.3) is 0 Å². The molecule has 1 saturated heterocycles. The van der Waals surface area contributed by atoms with E-state index in [1.54, 1.807) is 0 Å². The van der Waals surface area contributed by atoms with E-state index in [4.69, 9.17) is 0 Å². The summed E-state index contributed by atoms with van der Waals surface area (Å²) in [5.74, 6) is 0.816. The summed E-state index contributed by atoms with van der Waals surface area (Å²) in [4.78, 5) is 14.8. The number of nitrogens with one attached hydrogen (secondary N) is 1. The molecule has 1 N–H and O–H groups in total. The van der Waals surface area contributed by atoms with Gasteiger partial charge in [0.2, 0.25) is 5.91 Å². The molecule has 0 aromatic heterocycles. The number of hydrogen-bond acceptors (Lipinski definition) is 2. The zero-order chi connectivity index (χ0) is 13.9. The van der Waals surface area contributed by atoms with E-state index in [0.29, 0.717) is 24.3 Å². The first-order valence-corrected chi connectivity index (χ1v) is 7.86. The Bertz CT molecular complexity index is 480. The van der Waals surface area contributed by atoms with Crippen LogP contribution in [0.2, 0.25) is 0 Å². The highest BCUT2D eigenvalue weighted by Gasteiger charge is 2.29. The highest BCUT2D eigenvalue weighted by atomic mass is 16.2. The molecule has 1 fully saturated rings. The summed E-state index contributed by atoms with van der Waals surface area (Å²) < 4.78 is 0. The number of rotatable bonds is 2. The molecule has 108 valence electrons. The number of hydrogen-bond donors (Lipinski definition) is 1. The van der Waals surface area contributed by atoms with Crippen molar-refractivity contribution in [3.63, 3.8) is 0 Å². The average Bonchev–Trinajstić information content (AvgIpc) is 2.48. The van der Waals surface area contributed by atoms with Gasteiger partial charge in [0, 0.05) is 18.2 Å². The molecule has 0 saturated carbocycles. The molecule has 0 radical (unpaired) electrons. The third-order valence-corrected chi connectivity index (χ3v) is 4.65. The second-order valence-corrected chi connectivity index (χ2v) is 6.20. The van der Waals surface area contributed by atoms with Crippen LogP contribution in [0, 0.1) is 5.92 Å². The summed E-state index contributed by atoms with van der Waals surface area (Å²) in [5, 5.41) is 3.40. The number of aryl methyl sites for hydroxylation is 1. The molecule has 0 aliphatic carbocycles. The number of anilines is 1. The predicted molar refractivity (Wildman–Crippen MR) is 81.9 cm³/mol. The lowest BCUT2D eigenvalue weighted by atomic mass is 9.92. The summed E-state index contributed by atoms with van der Waals surface area (Å²) in [5.41, 5.74) is 2.46. The number of amides is 1. The molecule has 1 amide bonds. The van der Waals surface area contributed by atoms with Crippen LogP contribution < -0.4 is 10.2 Å². The van der Waals surface area contributed by atoms with E-state index in [9.17, 15) is 4.79 Å². The van der Waals surface area contributed by atoms with E-state index < -0.39 is 0 Å². The maximum Gasteiger partial charge on any atom is 0.227 e. The van der Waals surface area contributed by atoms with Crippen LogP contribution in [0.15, 0.2) is 24.3 Å². The van der Waals surface area contributed by atoms with Gasteiger partial charge >= 0.3 is 0 Å². The lowest BCUT2D eigenvalue weighted by Crippen LogP contribution is -2.44. The Labute approximate surface area is 121 Å². The molecule has 2 atom stereocenters. The number of para-hydroxylation sites is 1. The maximum atomic E-state index is 12.7. The highest BCUT2D eigenvalue weighted by molar-refractivity contribution is 5.95. The zero-order valence-corrected chi connectivity index (χ0v) is 12.3. The SMILES string of the molecule is CC1CCc2ccccc2N1C(=O)CC1CCCNC1. The minimum Gasteiger partial charge on any atom is -0.316 e. The van der Waals surface area contributed by atoms with Gasteiger partial charge in [-0.15, -0.1) is 0 Å². The molecule has 2 aliphatic heterocycles. The number of fused-ring (bicyclic) bond motifs is 1. The number of carbonyl (C=O) groups is 1. The molecule has 2 heterocycles. The zero-order valence-electron chi connectivity index (χ0n) is 12.3. The number of piperidine rings is 1. The molecule has 1 aromatic rings. The quantitative estimate of drug-likeness (QED) is 0.898. The third-order valence-electron chi connectivity index (χ3n) is 4.65. The fourth-order valence-corrected chi connectivity index (χ4v) is 3.51. The topological polar surface area (TPSA) is 32.3 Å². The van der Waals surface area contributed by atoms with Gasteiger partial charge in [-0.3, -0.25) is 4.79 Å². The monoisotopic (exact) mass is 272 g/mol. The van der Waals surface area contributed by atoms with Crippen molar-refractivity contribution in [2.24, 2.45) is 5.92 Å². The van der Waals surface area contributed by atoms with Gasteiger partial charge in [-0.2, -0.15) is 0 Å². The van der Waals surface area contributed by atoms with Crippen molar-refractivity contribution in [1.29, 1.82) is 0 Å². The van der Waals surface area contributed by atoms with Crippen molar-refractivity contribution >= 4 is 11.6 Å². The van der Waals surface area contributed by atoms with Crippen LogP contribution in [0.3, 0.4) is 0 Å². The van der Waals surface area contributed by atoms with Gasteiger partial charge in [0.1, 0.15) is 0 Å². The Hall–Kier alpha value is -1.35. The van der Waals surface area contributed by atoms with Crippen molar-refractivity contribution < 1.29 is 4.79 Å². The molecule has 3 nitrogen and oxygen atoms in total. The van der Waals surface area contributed by atoms with Crippen LogP contribution in [0.5, 0.6) is 0 Å². The van der Waals surface area contributed by atoms with Crippen molar-refractivity contribution in [2.75, 3.05) is 18.0 Å². The van der Waals surface area contributed by atoms with Gasteiger partial charge in [0.25, 0.3) is 0 Å². The van der Waals surface area contributed by atoms with Gasteiger partial charge < -0.3 is 10.2 Å². The minimum atomic E-state index is 0.304. The van der Waals surface area contributed by atoms with Crippen LogP contribution in [-0.2, 0) is 11.2 Å². The smallest absolute Gasteiger partial charge is 0.227 e. The fourth-order valence-electron chi connectivity index (χ4n) is 3.51. The summed E-state index contributed by atoms with van der Waals surface area (Å²) in [6.07, 6.45) is 5.23. The molecular formula is C17H24N2O. The second-order valence-electron chi connectivity index (χ2n) is 6.20. The van der Waals surface area contributed by atoms with Crippen molar-refractivity contribution in [3.8, 4) is 0 Å². The molecule has 0 spiro atoms. The van der Waals surface area contributed by atoms with Gasteiger partial charge in [-0.1, -0.05) is 18.2 Å². The minimum absolute atomic E-state index is 0.304. The number of benzene rings is 1. The van der Waals surface area contributed by atoms with Gasteiger partial charge in [-0.25, -0.2) is 0 Å². The highest BCUT2D eigenvalue weighted by Crippen LogP contribution is 2.31. The summed E-state index contributed by atoms with van der Waals surface area (Å²) in [7, 11) is 0. The van der Waals surface area contributed by atoms with E-state index in [1.807, 2.05) is 11.0 Å². The summed E-state index contributed by atoms with van der Waals surface area (Å²) in [6, 6.07) is 8.70. The largest absolute Gasteiger partial charge is 0.316 e. The van der Waals surface area contributed by atoms with Crippen LogP contribution in [0.1, 0.15) is 38.2 Å². The van der Waals surface area contributed by atoms with E-state index >= 15 is 0 Å². The van der Waals surface area contributed by atoms with Crippen molar-refractivity contribution in [1.82, 2.24) is 5.32 Å². The molecule has 1 aromatic carbocycles. The predicted octanol–water partition coefficient (Wildman–Crippen LogP) is 2.74. The molecule has 20 heavy (non-hydrogen) atoms. The van der Waals surface area contributed by atoms with Crippen molar-refractivity contribution in [2.45, 2.75) is 45.1 Å². The molecule has 0 bridgehead atoms. The molecule has 2 aliphatic rings. The average molecular weight is 272 g/mol. The van der Waals surface area contributed by atoms with Crippen LogP contribution in [-0.4, -0.2) is 25.0 Å². The van der Waals surface area contributed by atoms with Gasteiger partial charge in [0.15, 0.2) is 0 Å². The lowest BCUT2D eigenvalue weighted by molar-refractivity contribution is -0.120. The van der Waals surface area contributed by atoms with Crippen molar-refractivity contribution in [3.05, 3.63) is 29.8 Å². The Balaban J connectivity index is 1.76. The Morgan fingerprint density at radius 1 is 1.35 bits per heavy atom. The van der Waals surface area contributed by atoms with E-state index in [-0.39, 0.29) is 0 Å². The molecule has 3 heteroatoms. The van der Waals surface area contributed by atoms with Gasteiger partial charge in [0.05, 0.1) is 0 Å². The van der Waals surface area contributed by atoms with Gasteiger partial charge in [-0.05, 0) is 63.2 Å². The normalized spacial score (nSPS) is 26.1. The first-order chi connectivity index (χ1) is 9.75. The summed E-state index contributed by atoms with van der Waals surface area (Å²) >= 11 is 0. The number of nitrogens with zero attached hydrogens (tertiary/aromatic N) is 1. The lowest BCUT2D eigenvalue weighted by Gasteiger charge is -2.36. The van der Waals surface area contributed by atoms with Crippen LogP contribution in [0.4, 0.5) is 5.69 Å². The Morgan fingerprint density at radius 2 is 2.20 bits per heavy atom. The first kappa shape index (κ1) is 13.6. The maximum absolute atomic E-state index is 12.7. The Kier molecular flexibility index (Phi) is 4.06. The second kappa shape index (κ2) is 5.96. The molecule has 2 unspecified atom stereocenters. The van der Waals surface area contributed by atoms with E-state index in [1.165, 1.54) is 18.4 Å². The first-order valence-electron chi connectivity index (χ1n) is 7.86. The number of carbonyl (C=O) groups excluding carboxylic acids is 1. The molecule has 3 rings (SSSR count). The van der Waals surface area contributed by atoms with Crippen LogP contribution >= 0.6 is 0 Å². The third kappa shape index (κ3) is 2.73. The fraction of sp³-hybridized carbons (Fsp3) is 0.588. The standard InChI is InChI=1S/C17H24N2O/c1-13-8-9-15-6-2-3-7-16(15)19(13)17(20)11-14-5-4-10-18-12-14/h2-3,6-7,13-14,18H,4-5,8-12H2,1H3. The Morgan fingerprint density at radius 3 is 3.00 bits per heavy atom. The molecular weight excluding hydrogens is 248 g/mol. The van der Waals surface area contributed by atoms with E-state index in [2.05, 4.69) is 30.4 Å².